The molecule has 4 rings (SSSR count). The highest BCUT2D eigenvalue weighted by Gasteiger charge is 2.34. The normalized spacial score (nSPS) is 11.8. The fourth-order valence-electron chi connectivity index (χ4n) is 3.02. The highest BCUT2D eigenvalue weighted by Crippen LogP contribution is 2.31. The van der Waals surface area contributed by atoms with E-state index in [0.717, 1.165) is 11.6 Å². The number of aryl methyl sites for hydroxylation is 1. The van der Waals surface area contributed by atoms with E-state index in [9.17, 15) is 13.2 Å². The number of anilines is 1. The number of nitrogens with zero attached hydrogens (tertiary/aromatic N) is 4. The van der Waals surface area contributed by atoms with Crippen molar-refractivity contribution in [1.29, 1.82) is 0 Å². The molecule has 0 aliphatic rings. The average molecular weight is 438 g/mol. The number of hydrogen-bond donors (Lipinski definition) is 1. The van der Waals surface area contributed by atoms with Crippen molar-refractivity contribution >= 4 is 28.5 Å². The van der Waals surface area contributed by atoms with Crippen molar-refractivity contribution in [2.24, 2.45) is 0 Å². The van der Waals surface area contributed by atoms with Crippen LogP contribution in [0, 0.1) is 6.92 Å². The number of furan rings is 1. The molecule has 7 nitrogen and oxygen atoms in total. The number of nitrogens with one attached hydrogen (secondary N) is 1. The minimum atomic E-state index is -4.51. The van der Waals surface area contributed by atoms with Gasteiger partial charge in [-0.05, 0) is 30.7 Å². The number of fused-ring (bicyclic) bond motifs is 1. The first-order valence-electron chi connectivity index (χ1n) is 8.72. The largest absolute Gasteiger partial charge is 0.496 e. The van der Waals surface area contributed by atoms with Crippen molar-refractivity contribution in [1.82, 2.24) is 19.7 Å². The lowest BCUT2D eigenvalue weighted by Gasteiger charge is -2.13. The van der Waals surface area contributed by atoms with Gasteiger partial charge in [0, 0.05) is 29.9 Å². The van der Waals surface area contributed by atoms with Crippen LogP contribution >= 0.6 is 11.6 Å². The second-order valence-electron chi connectivity index (χ2n) is 6.41. The molecule has 1 aromatic carbocycles. The maximum atomic E-state index is 12.9. The number of ether oxygens (including phenoxy) is 1. The lowest BCUT2D eigenvalue weighted by molar-refractivity contribution is -0.141. The zero-order chi connectivity index (χ0) is 21.5. The molecule has 30 heavy (non-hydrogen) atoms. The Bertz CT molecular complexity index is 1220. The molecule has 0 amide bonds. The molecule has 1 N–H and O–H groups in total. The van der Waals surface area contributed by atoms with Gasteiger partial charge >= 0.3 is 6.18 Å². The predicted molar refractivity (Wildman–Crippen MR) is 104 cm³/mol. The summed E-state index contributed by atoms with van der Waals surface area (Å²) in [5, 5.41) is 6.86. The summed E-state index contributed by atoms with van der Waals surface area (Å²) in [7, 11) is 1.48. The molecule has 0 bridgehead atoms. The van der Waals surface area contributed by atoms with Crippen LogP contribution in [0.3, 0.4) is 0 Å². The van der Waals surface area contributed by atoms with E-state index in [-0.39, 0.29) is 5.28 Å². The molecule has 0 aliphatic heterocycles. The zero-order valence-electron chi connectivity index (χ0n) is 15.8. The lowest BCUT2D eigenvalue weighted by Crippen LogP contribution is -2.08. The van der Waals surface area contributed by atoms with Crippen LogP contribution in [0.2, 0.25) is 5.28 Å². The van der Waals surface area contributed by atoms with Crippen LogP contribution in [-0.4, -0.2) is 26.9 Å². The van der Waals surface area contributed by atoms with E-state index < -0.39 is 11.9 Å². The summed E-state index contributed by atoms with van der Waals surface area (Å²) >= 11 is 5.94. The molecular formula is C19H15ClF3N5O2. The van der Waals surface area contributed by atoms with Crippen LogP contribution in [0.25, 0.3) is 16.8 Å². The molecule has 3 heterocycles. The Labute approximate surface area is 173 Å². The Hall–Kier alpha value is -3.27. The summed E-state index contributed by atoms with van der Waals surface area (Å²) in [5.41, 5.74) is 1.62. The van der Waals surface area contributed by atoms with Gasteiger partial charge in [-0.3, -0.25) is 0 Å². The van der Waals surface area contributed by atoms with E-state index in [1.165, 1.54) is 18.1 Å². The van der Waals surface area contributed by atoms with Gasteiger partial charge in [0.25, 0.3) is 0 Å². The van der Waals surface area contributed by atoms with E-state index in [2.05, 4.69) is 20.4 Å². The Morgan fingerprint density at radius 2 is 2.00 bits per heavy atom. The number of aromatic nitrogens is 4. The highest BCUT2D eigenvalue weighted by atomic mass is 35.5. The van der Waals surface area contributed by atoms with E-state index in [1.54, 1.807) is 31.2 Å². The summed E-state index contributed by atoms with van der Waals surface area (Å²) in [6.07, 6.45) is -3.03. The fourth-order valence-corrected chi connectivity index (χ4v) is 3.19. The van der Waals surface area contributed by atoms with E-state index >= 15 is 0 Å². The van der Waals surface area contributed by atoms with Crippen molar-refractivity contribution in [2.75, 3.05) is 12.4 Å². The SMILES string of the molecule is COc1cc(-n2nc(C(F)(F)F)cc2C)ccc1CNc1nc(Cl)nc2ccoc12. The molecule has 156 valence electrons. The fraction of sp³-hybridized carbons (Fsp3) is 0.211. The molecule has 0 saturated carbocycles. The van der Waals surface area contributed by atoms with Crippen LogP contribution in [-0.2, 0) is 12.7 Å². The van der Waals surface area contributed by atoms with Gasteiger partial charge in [-0.25, -0.2) is 9.67 Å². The lowest BCUT2D eigenvalue weighted by atomic mass is 10.1. The van der Waals surface area contributed by atoms with Gasteiger partial charge in [-0.1, -0.05) is 6.07 Å². The number of alkyl halides is 3. The van der Waals surface area contributed by atoms with Gasteiger partial charge < -0.3 is 14.5 Å². The maximum Gasteiger partial charge on any atom is 0.435 e. The third-order valence-corrected chi connectivity index (χ3v) is 4.58. The summed E-state index contributed by atoms with van der Waals surface area (Å²) in [5.74, 6) is 0.887. The third-order valence-electron chi connectivity index (χ3n) is 4.42. The molecule has 4 aromatic rings. The first-order valence-corrected chi connectivity index (χ1v) is 9.10. The summed E-state index contributed by atoms with van der Waals surface area (Å²) < 4.78 is 50.9. The van der Waals surface area contributed by atoms with Gasteiger partial charge in [0.2, 0.25) is 5.28 Å². The summed E-state index contributed by atoms with van der Waals surface area (Å²) in [4.78, 5) is 8.20. The Kier molecular flexibility index (Phi) is 5.02. The molecule has 0 spiro atoms. The first kappa shape index (κ1) is 20.0. The number of halogens is 4. The number of hydrogen-bond acceptors (Lipinski definition) is 6. The molecule has 0 radical (unpaired) electrons. The monoisotopic (exact) mass is 437 g/mol. The van der Waals surface area contributed by atoms with Crippen LogP contribution in [0.1, 0.15) is 17.0 Å². The van der Waals surface area contributed by atoms with Gasteiger partial charge in [-0.2, -0.15) is 23.3 Å². The second-order valence-corrected chi connectivity index (χ2v) is 6.74. The first-order chi connectivity index (χ1) is 14.3. The Morgan fingerprint density at radius 1 is 1.20 bits per heavy atom. The van der Waals surface area contributed by atoms with Crippen LogP contribution in [0.15, 0.2) is 41.0 Å². The molecule has 0 aliphatic carbocycles. The molecule has 0 saturated heterocycles. The van der Waals surface area contributed by atoms with E-state index in [1.807, 2.05) is 0 Å². The molecule has 3 aromatic heterocycles. The average Bonchev–Trinajstić information content (AvgIpc) is 3.32. The van der Waals surface area contributed by atoms with Crippen LogP contribution < -0.4 is 10.1 Å². The number of rotatable bonds is 5. The molecular weight excluding hydrogens is 423 g/mol. The minimum absolute atomic E-state index is 0.0725. The topological polar surface area (TPSA) is 78.0 Å². The van der Waals surface area contributed by atoms with Gasteiger partial charge in [0.15, 0.2) is 17.1 Å². The highest BCUT2D eigenvalue weighted by molar-refractivity contribution is 6.28. The quantitative estimate of drug-likeness (QED) is 0.442. The number of methoxy groups -OCH3 is 1. The minimum Gasteiger partial charge on any atom is -0.496 e. The van der Waals surface area contributed by atoms with Crippen LogP contribution in [0.4, 0.5) is 19.0 Å². The zero-order valence-corrected chi connectivity index (χ0v) is 16.5. The third kappa shape index (κ3) is 3.78. The van der Waals surface area contributed by atoms with Crippen molar-refractivity contribution in [2.45, 2.75) is 19.6 Å². The molecule has 11 heteroatoms. The van der Waals surface area contributed by atoms with Crippen molar-refractivity contribution < 1.29 is 22.3 Å². The van der Waals surface area contributed by atoms with Crippen molar-refractivity contribution in [3.8, 4) is 11.4 Å². The standard InChI is InChI=1S/C19H15ClF3N5O2/c1-10-7-15(19(21,22)23)27-28(10)12-4-3-11(14(8-12)29-2)9-24-17-16-13(5-6-30-16)25-18(20)26-17/h3-8H,9H2,1-2H3,(H,24,25,26). The molecule has 0 atom stereocenters. The van der Waals surface area contributed by atoms with E-state index in [4.69, 9.17) is 20.8 Å². The van der Waals surface area contributed by atoms with Gasteiger partial charge in [0.1, 0.15) is 11.3 Å². The Morgan fingerprint density at radius 3 is 2.70 bits per heavy atom. The van der Waals surface area contributed by atoms with Gasteiger partial charge in [0.05, 0.1) is 19.1 Å². The number of benzene rings is 1. The van der Waals surface area contributed by atoms with Gasteiger partial charge in [-0.15, -0.1) is 0 Å². The predicted octanol–water partition coefficient (Wildman–Crippen LogP) is 5.01. The van der Waals surface area contributed by atoms with Crippen molar-refractivity contribution in [3.63, 3.8) is 0 Å². The molecule has 0 unspecified atom stereocenters. The summed E-state index contributed by atoms with van der Waals surface area (Å²) in [6.45, 7) is 1.86. The van der Waals surface area contributed by atoms with Crippen LogP contribution in [0.5, 0.6) is 5.75 Å². The smallest absolute Gasteiger partial charge is 0.435 e. The van der Waals surface area contributed by atoms with Crippen molar-refractivity contribution in [3.05, 3.63) is 58.8 Å². The Balaban J connectivity index is 1.62. The molecule has 0 fully saturated rings. The summed E-state index contributed by atoms with van der Waals surface area (Å²) in [6, 6.07) is 7.68. The second kappa shape index (κ2) is 7.52. The van der Waals surface area contributed by atoms with E-state index in [0.29, 0.717) is 40.6 Å². The maximum absolute atomic E-state index is 12.9.